The SMILES string of the molecule is COC(=O)c1ccc(NC(=O)CCCOc2ccc(OC)cc2)c(O)c1. The van der Waals surface area contributed by atoms with Gasteiger partial charge < -0.3 is 24.6 Å². The number of hydrogen-bond donors (Lipinski definition) is 2. The number of phenolic OH excluding ortho intramolecular Hbond substituents is 1. The van der Waals surface area contributed by atoms with Gasteiger partial charge in [0.15, 0.2) is 0 Å². The summed E-state index contributed by atoms with van der Waals surface area (Å²) in [6.45, 7) is 0.382. The molecule has 0 fully saturated rings. The van der Waals surface area contributed by atoms with E-state index in [9.17, 15) is 14.7 Å². The van der Waals surface area contributed by atoms with E-state index in [2.05, 4.69) is 10.1 Å². The molecular formula is C19H21NO6. The molecule has 0 bridgehead atoms. The molecule has 0 aliphatic carbocycles. The minimum Gasteiger partial charge on any atom is -0.506 e. The zero-order valence-electron chi connectivity index (χ0n) is 14.7. The van der Waals surface area contributed by atoms with Crippen LogP contribution in [0.3, 0.4) is 0 Å². The van der Waals surface area contributed by atoms with Gasteiger partial charge in [-0.25, -0.2) is 4.79 Å². The molecule has 1 amide bonds. The molecule has 2 rings (SSSR count). The van der Waals surface area contributed by atoms with Gasteiger partial charge in [-0.05, 0) is 48.9 Å². The number of aromatic hydroxyl groups is 1. The number of ether oxygens (including phenoxy) is 3. The fourth-order valence-corrected chi connectivity index (χ4v) is 2.19. The number of hydrogen-bond acceptors (Lipinski definition) is 6. The van der Waals surface area contributed by atoms with Gasteiger partial charge in [0, 0.05) is 6.42 Å². The first-order valence-electron chi connectivity index (χ1n) is 8.01. The first-order valence-corrected chi connectivity index (χ1v) is 8.01. The lowest BCUT2D eigenvalue weighted by atomic mass is 10.2. The van der Waals surface area contributed by atoms with Crippen molar-refractivity contribution in [3.63, 3.8) is 0 Å². The Balaban J connectivity index is 1.77. The largest absolute Gasteiger partial charge is 0.506 e. The van der Waals surface area contributed by atoms with Crippen LogP contribution in [0.5, 0.6) is 17.2 Å². The van der Waals surface area contributed by atoms with Gasteiger partial charge in [0.1, 0.15) is 17.2 Å². The van der Waals surface area contributed by atoms with E-state index >= 15 is 0 Å². The van der Waals surface area contributed by atoms with E-state index in [0.717, 1.165) is 5.75 Å². The predicted octanol–water partition coefficient (Wildman–Crippen LogP) is 2.99. The summed E-state index contributed by atoms with van der Waals surface area (Å²) in [7, 11) is 2.85. The molecule has 0 heterocycles. The predicted molar refractivity (Wildman–Crippen MR) is 95.8 cm³/mol. The lowest BCUT2D eigenvalue weighted by Gasteiger charge is -2.09. The summed E-state index contributed by atoms with van der Waals surface area (Å²) in [5.41, 5.74) is 0.439. The van der Waals surface area contributed by atoms with E-state index in [-0.39, 0.29) is 29.3 Å². The average Bonchev–Trinajstić information content (AvgIpc) is 2.66. The fourth-order valence-electron chi connectivity index (χ4n) is 2.19. The van der Waals surface area contributed by atoms with Gasteiger partial charge in [-0.1, -0.05) is 0 Å². The lowest BCUT2D eigenvalue weighted by Crippen LogP contribution is -2.13. The molecular weight excluding hydrogens is 338 g/mol. The molecule has 0 aromatic heterocycles. The highest BCUT2D eigenvalue weighted by Crippen LogP contribution is 2.25. The van der Waals surface area contributed by atoms with Gasteiger partial charge in [0.05, 0.1) is 32.1 Å². The highest BCUT2D eigenvalue weighted by molar-refractivity contribution is 5.94. The lowest BCUT2D eigenvalue weighted by molar-refractivity contribution is -0.116. The van der Waals surface area contributed by atoms with Crippen LogP contribution >= 0.6 is 0 Å². The van der Waals surface area contributed by atoms with Crippen molar-refractivity contribution >= 4 is 17.6 Å². The summed E-state index contributed by atoms with van der Waals surface area (Å²) < 4.78 is 15.2. The first-order chi connectivity index (χ1) is 12.5. The number of phenols is 1. The van der Waals surface area contributed by atoms with Crippen LogP contribution < -0.4 is 14.8 Å². The number of carbonyl (C=O) groups excluding carboxylic acids is 2. The molecule has 0 spiro atoms. The zero-order chi connectivity index (χ0) is 18.9. The third kappa shape index (κ3) is 5.41. The first kappa shape index (κ1) is 19.1. The van der Waals surface area contributed by atoms with E-state index in [1.807, 2.05) is 0 Å². The third-order valence-electron chi connectivity index (χ3n) is 3.57. The summed E-state index contributed by atoms with van der Waals surface area (Å²) in [6.07, 6.45) is 0.743. The van der Waals surface area contributed by atoms with Crippen molar-refractivity contribution in [3.05, 3.63) is 48.0 Å². The molecule has 7 nitrogen and oxygen atoms in total. The second-order valence-corrected chi connectivity index (χ2v) is 5.40. The highest BCUT2D eigenvalue weighted by atomic mass is 16.5. The summed E-state index contributed by atoms with van der Waals surface area (Å²) in [6, 6.07) is 11.3. The molecule has 0 aliphatic rings. The molecule has 0 unspecified atom stereocenters. The van der Waals surface area contributed by atoms with Gasteiger partial charge in [-0.15, -0.1) is 0 Å². The van der Waals surface area contributed by atoms with Crippen LogP contribution in [0.2, 0.25) is 0 Å². The van der Waals surface area contributed by atoms with Gasteiger partial charge in [0.25, 0.3) is 0 Å². The molecule has 0 radical (unpaired) electrons. The molecule has 26 heavy (non-hydrogen) atoms. The summed E-state index contributed by atoms with van der Waals surface area (Å²) >= 11 is 0. The van der Waals surface area contributed by atoms with E-state index in [1.165, 1.54) is 25.3 Å². The van der Waals surface area contributed by atoms with Gasteiger partial charge in [-0.3, -0.25) is 4.79 Å². The summed E-state index contributed by atoms with van der Waals surface area (Å²) in [5, 5.41) is 12.5. The number of esters is 1. The van der Waals surface area contributed by atoms with Crippen LogP contribution in [0.1, 0.15) is 23.2 Å². The van der Waals surface area contributed by atoms with Gasteiger partial charge in [-0.2, -0.15) is 0 Å². The molecule has 0 atom stereocenters. The van der Waals surface area contributed by atoms with Gasteiger partial charge in [0.2, 0.25) is 5.91 Å². The number of benzene rings is 2. The van der Waals surface area contributed by atoms with E-state index < -0.39 is 5.97 Å². The van der Waals surface area contributed by atoms with Crippen molar-refractivity contribution in [2.45, 2.75) is 12.8 Å². The number of nitrogens with one attached hydrogen (secondary N) is 1. The molecule has 0 saturated carbocycles. The number of anilines is 1. The van der Waals surface area contributed by atoms with Crippen molar-refractivity contribution in [2.24, 2.45) is 0 Å². The topological polar surface area (TPSA) is 94.1 Å². The summed E-state index contributed by atoms with van der Waals surface area (Å²) in [4.78, 5) is 23.3. The normalized spacial score (nSPS) is 10.1. The maximum absolute atomic E-state index is 11.9. The Kier molecular flexibility index (Phi) is 6.84. The van der Waals surface area contributed by atoms with Crippen LogP contribution in [0.4, 0.5) is 5.69 Å². The Bertz CT molecular complexity index is 757. The smallest absolute Gasteiger partial charge is 0.337 e. The molecule has 7 heteroatoms. The second kappa shape index (κ2) is 9.31. The van der Waals surface area contributed by atoms with Crippen molar-refractivity contribution in [1.29, 1.82) is 0 Å². The zero-order valence-corrected chi connectivity index (χ0v) is 14.7. The Morgan fingerprint density at radius 1 is 1.04 bits per heavy atom. The van der Waals surface area contributed by atoms with Crippen molar-refractivity contribution < 1.29 is 28.9 Å². The van der Waals surface area contributed by atoms with Crippen LogP contribution in [-0.2, 0) is 9.53 Å². The molecule has 2 aromatic rings. The van der Waals surface area contributed by atoms with Gasteiger partial charge >= 0.3 is 5.97 Å². The maximum Gasteiger partial charge on any atom is 0.337 e. The van der Waals surface area contributed by atoms with Crippen LogP contribution in [0.25, 0.3) is 0 Å². The molecule has 2 N–H and O–H groups in total. The van der Waals surface area contributed by atoms with Crippen LogP contribution in [-0.4, -0.2) is 37.8 Å². The number of methoxy groups -OCH3 is 2. The van der Waals surface area contributed by atoms with Crippen molar-refractivity contribution in [3.8, 4) is 17.2 Å². The fraction of sp³-hybridized carbons (Fsp3) is 0.263. The average molecular weight is 359 g/mol. The maximum atomic E-state index is 11.9. The van der Waals surface area contributed by atoms with Crippen molar-refractivity contribution in [1.82, 2.24) is 0 Å². The Hall–Kier alpha value is -3.22. The third-order valence-corrected chi connectivity index (χ3v) is 3.57. The Morgan fingerprint density at radius 2 is 1.73 bits per heavy atom. The quantitative estimate of drug-likeness (QED) is 0.427. The number of amides is 1. The van der Waals surface area contributed by atoms with Crippen LogP contribution in [0, 0.1) is 0 Å². The Labute approximate surface area is 151 Å². The number of carbonyl (C=O) groups is 2. The molecule has 138 valence electrons. The minimum absolute atomic E-state index is 0.198. The molecule has 2 aromatic carbocycles. The van der Waals surface area contributed by atoms with Crippen LogP contribution in [0.15, 0.2) is 42.5 Å². The monoisotopic (exact) mass is 359 g/mol. The molecule has 0 saturated heterocycles. The van der Waals surface area contributed by atoms with E-state index in [4.69, 9.17) is 9.47 Å². The van der Waals surface area contributed by atoms with Crippen molar-refractivity contribution in [2.75, 3.05) is 26.1 Å². The number of rotatable bonds is 8. The highest BCUT2D eigenvalue weighted by Gasteiger charge is 2.11. The Morgan fingerprint density at radius 3 is 2.35 bits per heavy atom. The van der Waals surface area contributed by atoms with E-state index in [1.54, 1.807) is 31.4 Å². The molecule has 0 aliphatic heterocycles. The summed E-state index contributed by atoms with van der Waals surface area (Å²) in [5.74, 6) is 0.422. The second-order valence-electron chi connectivity index (χ2n) is 5.40. The van der Waals surface area contributed by atoms with E-state index in [0.29, 0.717) is 18.8 Å². The standard InChI is InChI=1S/C19H21NO6/c1-24-14-6-8-15(9-7-14)26-11-3-4-18(22)20-16-10-5-13(12-17(16)21)19(23)25-2/h5-10,12,21H,3-4,11H2,1-2H3,(H,20,22). The minimum atomic E-state index is -0.561.